The zero-order valence-corrected chi connectivity index (χ0v) is 10.7. The second-order valence-electron chi connectivity index (χ2n) is 5.24. The number of aliphatic hydroxyl groups is 1. The molecule has 0 aromatic rings. The molecule has 2 rings (SSSR count). The largest absolute Gasteiger partial charge is 0.396 e. The molecule has 1 aliphatic carbocycles. The zero-order chi connectivity index (χ0) is 13.0. The Hall–Kier alpha value is -1.10. The lowest BCUT2D eigenvalue weighted by Crippen LogP contribution is -2.43. The van der Waals surface area contributed by atoms with Crippen molar-refractivity contribution in [3.8, 4) is 0 Å². The fraction of sp³-hybridized carbons (Fsp3) is 0.846. The SMILES string of the molecule is O=C(NCCCO)C1CCN(C(=O)C2CC2)CC1. The van der Waals surface area contributed by atoms with E-state index in [4.69, 9.17) is 5.11 Å². The Morgan fingerprint density at radius 3 is 2.33 bits per heavy atom. The van der Waals surface area contributed by atoms with Gasteiger partial charge in [-0.3, -0.25) is 9.59 Å². The second-order valence-corrected chi connectivity index (χ2v) is 5.24. The Morgan fingerprint density at radius 1 is 1.11 bits per heavy atom. The van der Waals surface area contributed by atoms with Gasteiger partial charge in [0.25, 0.3) is 0 Å². The van der Waals surface area contributed by atoms with Crippen LogP contribution in [0.5, 0.6) is 0 Å². The second kappa shape index (κ2) is 6.18. The molecule has 0 aromatic carbocycles. The standard InChI is InChI=1S/C13H22N2O3/c16-9-1-6-14-12(17)10-4-7-15(8-5-10)13(18)11-2-3-11/h10-11,16H,1-9H2,(H,14,17). The number of hydrogen-bond acceptors (Lipinski definition) is 3. The highest BCUT2D eigenvalue weighted by atomic mass is 16.3. The van der Waals surface area contributed by atoms with E-state index < -0.39 is 0 Å². The maximum absolute atomic E-state index is 11.8. The molecule has 1 saturated heterocycles. The molecule has 1 aliphatic heterocycles. The predicted molar refractivity (Wildman–Crippen MR) is 66.7 cm³/mol. The molecule has 102 valence electrons. The van der Waals surface area contributed by atoms with Crippen LogP contribution in [-0.4, -0.2) is 48.1 Å². The first-order valence-corrected chi connectivity index (χ1v) is 6.89. The highest BCUT2D eigenvalue weighted by molar-refractivity contribution is 5.82. The molecule has 0 radical (unpaired) electrons. The number of likely N-dealkylation sites (tertiary alicyclic amines) is 1. The van der Waals surface area contributed by atoms with Crippen molar-refractivity contribution in [1.82, 2.24) is 10.2 Å². The third-order valence-corrected chi connectivity index (χ3v) is 3.74. The van der Waals surface area contributed by atoms with Crippen LogP contribution in [-0.2, 0) is 9.59 Å². The summed E-state index contributed by atoms with van der Waals surface area (Å²) in [4.78, 5) is 25.6. The number of nitrogens with zero attached hydrogens (tertiary/aromatic N) is 1. The molecule has 0 spiro atoms. The van der Waals surface area contributed by atoms with Gasteiger partial charge in [-0.2, -0.15) is 0 Å². The van der Waals surface area contributed by atoms with Crippen LogP contribution in [0.3, 0.4) is 0 Å². The average Bonchev–Trinajstić information content (AvgIpc) is 3.22. The van der Waals surface area contributed by atoms with E-state index >= 15 is 0 Å². The van der Waals surface area contributed by atoms with E-state index in [1.165, 1.54) is 0 Å². The van der Waals surface area contributed by atoms with Crippen molar-refractivity contribution in [1.29, 1.82) is 0 Å². The van der Waals surface area contributed by atoms with Crippen molar-refractivity contribution in [3.05, 3.63) is 0 Å². The number of nitrogens with one attached hydrogen (secondary N) is 1. The predicted octanol–water partition coefficient (Wildman–Crippen LogP) is 0.134. The molecule has 5 nitrogen and oxygen atoms in total. The molecule has 2 N–H and O–H groups in total. The van der Waals surface area contributed by atoms with Gasteiger partial charge in [0.05, 0.1) is 0 Å². The van der Waals surface area contributed by atoms with Crippen LogP contribution in [0, 0.1) is 11.8 Å². The first-order valence-electron chi connectivity index (χ1n) is 6.89. The van der Waals surface area contributed by atoms with E-state index in [0.29, 0.717) is 26.1 Å². The van der Waals surface area contributed by atoms with Crippen molar-refractivity contribution in [2.24, 2.45) is 11.8 Å². The van der Waals surface area contributed by atoms with Gasteiger partial charge in [-0.25, -0.2) is 0 Å². The zero-order valence-electron chi connectivity index (χ0n) is 10.7. The minimum atomic E-state index is 0.0342. The number of carbonyl (C=O) groups excluding carboxylic acids is 2. The Morgan fingerprint density at radius 2 is 1.78 bits per heavy atom. The van der Waals surface area contributed by atoms with Gasteiger partial charge >= 0.3 is 0 Å². The summed E-state index contributed by atoms with van der Waals surface area (Å²) >= 11 is 0. The number of piperidine rings is 1. The Balaban J connectivity index is 1.68. The summed E-state index contributed by atoms with van der Waals surface area (Å²) in [5, 5.41) is 11.5. The number of aliphatic hydroxyl groups excluding tert-OH is 1. The van der Waals surface area contributed by atoms with Crippen molar-refractivity contribution < 1.29 is 14.7 Å². The van der Waals surface area contributed by atoms with Crippen LogP contribution in [0.4, 0.5) is 0 Å². The molecular formula is C13H22N2O3. The molecule has 0 unspecified atom stereocenters. The monoisotopic (exact) mass is 254 g/mol. The molecule has 0 atom stereocenters. The molecule has 2 amide bonds. The van der Waals surface area contributed by atoms with Gasteiger partial charge in [-0.1, -0.05) is 0 Å². The summed E-state index contributed by atoms with van der Waals surface area (Å²) < 4.78 is 0. The molecule has 1 saturated carbocycles. The van der Waals surface area contributed by atoms with Crippen LogP contribution < -0.4 is 5.32 Å². The van der Waals surface area contributed by atoms with Gasteiger partial charge in [0.2, 0.25) is 11.8 Å². The quantitative estimate of drug-likeness (QED) is 0.685. The van der Waals surface area contributed by atoms with E-state index in [1.54, 1.807) is 0 Å². The molecule has 18 heavy (non-hydrogen) atoms. The van der Waals surface area contributed by atoms with Gasteiger partial charge in [0.15, 0.2) is 0 Å². The normalized spacial score (nSPS) is 20.8. The number of rotatable bonds is 5. The molecule has 0 bridgehead atoms. The van der Waals surface area contributed by atoms with Crippen molar-refractivity contribution in [2.45, 2.75) is 32.1 Å². The van der Waals surface area contributed by atoms with E-state index in [9.17, 15) is 9.59 Å². The topological polar surface area (TPSA) is 69.6 Å². The maximum atomic E-state index is 11.8. The minimum Gasteiger partial charge on any atom is -0.396 e. The molecule has 2 aliphatic rings. The third kappa shape index (κ3) is 3.45. The summed E-state index contributed by atoms with van der Waals surface area (Å²) in [5.74, 6) is 0.669. The lowest BCUT2D eigenvalue weighted by molar-refractivity contribution is -0.136. The Bertz CT molecular complexity index is 307. The Labute approximate surface area is 108 Å². The van der Waals surface area contributed by atoms with Gasteiger partial charge in [-0.05, 0) is 32.1 Å². The number of amides is 2. The smallest absolute Gasteiger partial charge is 0.225 e. The lowest BCUT2D eigenvalue weighted by Gasteiger charge is -2.31. The molecule has 5 heteroatoms. The molecule has 1 heterocycles. The molecule has 2 fully saturated rings. The maximum Gasteiger partial charge on any atom is 0.225 e. The highest BCUT2D eigenvalue weighted by Crippen LogP contribution is 2.32. The average molecular weight is 254 g/mol. The molecular weight excluding hydrogens is 232 g/mol. The van der Waals surface area contributed by atoms with E-state index in [2.05, 4.69) is 5.32 Å². The van der Waals surface area contributed by atoms with Crippen LogP contribution in [0.2, 0.25) is 0 Å². The van der Waals surface area contributed by atoms with E-state index in [-0.39, 0.29) is 30.3 Å². The summed E-state index contributed by atoms with van der Waals surface area (Å²) in [7, 11) is 0. The third-order valence-electron chi connectivity index (χ3n) is 3.74. The lowest BCUT2D eigenvalue weighted by atomic mass is 9.95. The number of carbonyl (C=O) groups is 2. The van der Waals surface area contributed by atoms with Crippen molar-refractivity contribution in [2.75, 3.05) is 26.2 Å². The summed E-state index contributed by atoms with van der Waals surface area (Å²) in [6, 6.07) is 0. The van der Waals surface area contributed by atoms with Crippen LogP contribution >= 0.6 is 0 Å². The fourth-order valence-electron chi connectivity index (χ4n) is 2.39. The van der Waals surface area contributed by atoms with Crippen molar-refractivity contribution >= 4 is 11.8 Å². The van der Waals surface area contributed by atoms with Gasteiger partial charge < -0.3 is 15.3 Å². The first kappa shape index (κ1) is 13.3. The van der Waals surface area contributed by atoms with Crippen molar-refractivity contribution in [3.63, 3.8) is 0 Å². The van der Waals surface area contributed by atoms with Crippen LogP contribution in [0.25, 0.3) is 0 Å². The van der Waals surface area contributed by atoms with Gasteiger partial charge in [0, 0.05) is 38.1 Å². The van der Waals surface area contributed by atoms with E-state index in [0.717, 1.165) is 25.7 Å². The summed E-state index contributed by atoms with van der Waals surface area (Å²) in [6.45, 7) is 2.08. The Kier molecular flexibility index (Phi) is 4.58. The van der Waals surface area contributed by atoms with Gasteiger partial charge in [0.1, 0.15) is 0 Å². The van der Waals surface area contributed by atoms with Crippen LogP contribution in [0.15, 0.2) is 0 Å². The molecule has 0 aromatic heterocycles. The first-order chi connectivity index (χ1) is 8.72. The summed E-state index contributed by atoms with van der Waals surface area (Å²) in [5.41, 5.74) is 0. The number of hydrogen-bond donors (Lipinski definition) is 2. The fourth-order valence-corrected chi connectivity index (χ4v) is 2.39. The van der Waals surface area contributed by atoms with Gasteiger partial charge in [-0.15, -0.1) is 0 Å². The highest BCUT2D eigenvalue weighted by Gasteiger charge is 2.35. The van der Waals surface area contributed by atoms with E-state index in [1.807, 2.05) is 4.90 Å². The van der Waals surface area contributed by atoms with Crippen LogP contribution in [0.1, 0.15) is 32.1 Å². The minimum absolute atomic E-state index is 0.0342. The summed E-state index contributed by atoms with van der Waals surface area (Å²) in [6.07, 6.45) is 4.22.